The Labute approximate surface area is 145 Å². The zero-order valence-electron chi connectivity index (χ0n) is 13.2. The van der Waals surface area contributed by atoms with Crippen molar-refractivity contribution in [3.63, 3.8) is 0 Å². The minimum atomic E-state index is -3.74. The average molecular weight is 356 g/mol. The maximum atomic E-state index is 12.6. The molecule has 0 saturated heterocycles. The third-order valence-electron chi connectivity index (χ3n) is 3.73. The first-order valence-electron chi connectivity index (χ1n) is 7.61. The normalized spacial score (nSPS) is 11.4. The molecule has 6 nitrogen and oxygen atoms in total. The molecule has 0 aliphatic heterocycles. The molecule has 0 spiro atoms. The van der Waals surface area contributed by atoms with E-state index in [1.165, 1.54) is 6.07 Å². The topological polar surface area (TPSA) is 96.4 Å². The van der Waals surface area contributed by atoms with Gasteiger partial charge in [0.05, 0.1) is 4.90 Å². The van der Waals surface area contributed by atoms with E-state index in [2.05, 4.69) is 9.71 Å². The second-order valence-corrected chi connectivity index (χ2v) is 7.27. The number of nitrogens with one attached hydrogen (secondary N) is 1. The monoisotopic (exact) mass is 356 g/mol. The van der Waals surface area contributed by atoms with Crippen LogP contribution in [0.1, 0.15) is 12.0 Å². The minimum Gasteiger partial charge on any atom is -0.481 e. The Morgan fingerprint density at radius 3 is 2.72 bits per heavy atom. The number of aliphatic carboxylic acids is 1. The Kier molecular flexibility index (Phi) is 4.67. The third kappa shape index (κ3) is 4.13. The minimum absolute atomic E-state index is 0.00505. The predicted octanol–water partition coefficient (Wildman–Crippen LogP) is 3.05. The maximum Gasteiger partial charge on any atom is 0.303 e. The van der Waals surface area contributed by atoms with Gasteiger partial charge in [-0.25, -0.2) is 8.42 Å². The Hall–Kier alpha value is -2.93. The lowest BCUT2D eigenvalue weighted by Gasteiger charge is -2.10. The third-order valence-corrected chi connectivity index (χ3v) is 5.11. The summed E-state index contributed by atoms with van der Waals surface area (Å²) in [5.41, 5.74) is 1.16. The molecule has 2 aromatic carbocycles. The highest BCUT2D eigenvalue weighted by atomic mass is 32.2. The number of hydrogen-bond donors (Lipinski definition) is 2. The van der Waals surface area contributed by atoms with Crippen molar-refractivity contribution in [2.75, 3.05) is 4.72 Å². The summed E-state index contributed by atoms with van der Waals surface area (Å²) in [5.74, 6) is -0.892. The number of carboxylic acid groups (broad SMARTS) is 1. The van der Waals surface area contributed by atoms with Gasteiger partial charge in [0.2, 0.25) is 0 Å². The van der Waals surface area contributed by atoms with Gasteiger partial charge in [0.15, 0.2) is 0 Å². The van der Waals surface area contributed by atoms with Crippen molar-refractivity contribution in [3.05, 3.63) is 66.5 Å². The summed E-state index contributed by atoms with van der Waals surface area (Å²) in [6.45, 7) is 0. The number of anilines is 1. The molecule has 3 aromatic rings. The molecule has 1 heterocycles. The molecule has 1 aromatic heterocycles. The first-order chi connectivity index (χ1) is 11.9. The van der Waals surface area contributed by atoms with E-state index in [-0.39, 0.29) is 11.3 Å². The Balaban J connectivity index is 1.85. The van der Waals surface area contributed by atoms with Crippen molar-refractivity contribution in [1.82, 2.24) is 4.98 Å². The maximum absolute atomic E-state index is 12.6. The van der Waals surface area contributed by atoms with E-state index in [0.29, 0.717) is 12.1 Å². The molecule has 0 unspecified atom stereocenters. The van der Waals surface area contributed by atoms with E-state index in [1.807, 2.05) is 0 Å². The Bertz CT molecular complexity index is 1030. The van der Waals surface area contributed by atoms with Gasteiger partial charge in [0.25, 0.3) is 10.0 Å². The van der Waals surface area contributed by atoms with Crippen molar-refractivity contribution in [2.24, 2.45) is 0 Å². The van der Waals surface area contributed by atoms with Gasteiger partial charge in [0, 0.05) is 29.9 Å². The molecule has 0 amide bonds. The number of benzene rings is 2. The van der Waals surface area contributed by atoms with E-state index in [1.54, 1.807) is 54.9 Å². The van der Waals surface area contributed by atoms with E-state index in [0.717, 1.165) is 16.3 Å². The number of fused-ring (bicyclic) bond motifs is 1. The highest BCUT2D eigenvalue weighted by molar-refractivity contribution is 7.92. The average Bonchev–Trinajstić information content (AvgIpc) is 2.59. The van der Waals surface area contributed by atoms with Gasteiger partial charge in [-0.05, 0) is 47.7 Å². The summed E-state index contributed by atoms with van der Waals surface area (Å²) in [6, 6.07) is 13.3. The highest BCUT2D eigenvalue weighted by Gasteiger charge is 2.15. The zero-order valence-corrected chi connectivity index (χ0v) is 14.0. The van der Waals surface area contributed by atoms with Crippen LogP contribution in [0.3, 0.4) is 0 Å². The molecule has 0 radical (unpaired) electrons. The predicted molar refractivity (Wildman–Crippen MR) is 95.0 cm³/mol. The Morgan fingerprint density at radius 1 is 1.08 bits per heavy atom. The van der Waals surface area contributed by atoms with Gasteiger partial charge in [0.1, 0.15) is 0 Å². The fourth-order valence-corrected chi connectivity index (χ4v) is 3.57. The highest BCUT2D eigenvalue weighted by Crippen LogP contribution is 2.21. The van der Waals surface area contributed by atoms with Gasteiger partial charge >= 0.3 is 5.97 Å². The number of aromatic nitrogens is 1. The second kappa shape index (κ2) is 6.90. The van der Waals surface area contributed by atoms with Crippen molar-refractivity contribution in [1.29, 1.82) is 0 Å². The van der Waals surface area contributed by atoms with E-state index >= 15 is 0 Å². The molecule has 0 aliphatic rings. The fourth-order valence-electron chi connectivity index (χ4n) is 2.48. The van der Waals surface area contributed by atoms with E-state index in [4.69, 9.17) is 5.11 Å². The number of hydrogen-bond acceptors (Lipinski definition) is 4. The van der Waals surface area contributed by atoms with Gasteiger partial charge in [-0.1, -0.05) is 18.2 Å². The van der Waals surface area contributed by atoms with Crippen LogP contribution in [0.5, 0.6) is 0 Å². The molecule has 25 heavy (non-hydrogen) atoms. The standard InChI is InChI=1S/C18H16N2O4S/c21-18(22)7-4-13-2-1-3-16(10-13)20-25(23,24)17-6-5-15-12-19-9-8-14(15)11-17/h1-3,5-6,8-12,20H,4,7H2,(H,21,22). The SMILES string of the molecule is O=C(O)CCc1cccc(NS(=O)(=O)c2ccc3cnccc3c2)c1. The lowest BCUT2D eigenvalue weighted by Crippen LogP contribution is -2.13. The quantitative estimate of drug-likeness (QED) is 0.707. The van der Waals surface area contributed by atoms with Crippen molar-refractivity contribution >= 4 is 32.5 Å². The zero-order chi connectivity index (χ0) is 17.9. The summed E-state index contributed by atoms with van der Waals surface area (Å²) >= 11 is 0. The molecule has 128 valence electrons. The number of rotatable bonds is 6. The van der Waals surface area contributed by atoms with Crippen LogP contribution in [0.15, 0.2) is 65.8 Å². The molecule has 0 saturated carbocycles. The van der Waals surface area contributed by atoms with Crippen LogP contribution in [0.2, 0.25) is 0 Å². The Morgan fingerprint density at radius 2 is 1.92 bits per heavy atom. The molecule has 3 rings (SSSR count). The lowest BCUT2D eigenvalue weighted by molar-refractivity contribution is -0.136. The fraction of sp³-hybridized carbons (Fsp3) is 0.111. The van der Waals surface area contributed by atoms with Crippen LogP contribution in [0, 0.1) is 0 Å². The van der Waals surface area contributed by atoms with Crippen molar-refractivity contribution in [2.45, 2.75) is 17.7 Å². The molecule has 7 heteroatoms. The van der Waals surface area contributed by atoms with Gasteiger partial charge < -0.3 is 5.11 Å². The molecule has 0 atom stereocenters. The van der Waals surface area contributed by atoms with Gasteiger partial charge in [-0.3, -0.25) is 14.5 Å². The van der Waals surface area contributed by atoms with Crippen LogP contribution in [0.4, 0.5) is 5.69 Å². The molecular formula is C18H16N2O4S. The van der Waals surface area contributed by atoms with Crippen molar-refractivity contribution in [3.8, 4) is 0 Å². The second-order valence-electron chi connectivity index (χ2n) is 5.58. The number of aryl methyl sites for hydroxylation is 1. The first kappa shape index (κ1) is 16.9. The van der Waals surface area contributed by atoms with E-state index in [9.17, 15) is 13.2 Å². The molecule has 0 bridgehead atoms. The summed E-state index contributed by atoms with van der Waals surface area (Å²) < 4.78 is 27.7. The van der Waals surface area contributed by atoms with Gasteiger partial charge in [-0.2, -0.15) is 0 Å². The van der Waals surface area contributed by atoms with Crippen molar-refractivity contribution < 1.29 is 18.3 Å². The summed E-state index contributed by atoms with van der Waals surface area (Å²) in [5, 5.41) is 10.4. The number of pyridine rings is 1. The van der Waals surface area contributed by atoms with Crippen LogP contribution in [-0.4, -0.2) is 24.5 Å². The number of nitrogens with zero attached hydrogens (tertiary/aromatic N) is 1. The molecule has 0 fully saturated rings. The largest absolute Gasteiger partial charge is 0.481 e. The summed E-state index contributed by atoms with van der Waals surface area (Å²) in [7, 11) is -3.74. The summed E-state index contributed by atoms with van der Waals surface area (Å²) in [4.78, 5) is 14.8. The summed E-state index contributed by atoms with van der Waals surface area (Å²) in [6.07, 6.45) is 3.62. The molecular weight excluding hydrogens is 340 g/mol. The first-order valence-corrected chi connectivity index (χ1v) is 9.10. The van der Waals surface area contributed by atoms with Crippen LogP contribution < -0.4 is 4.72 Å². The number of sulfonamides is 1. The number of carboxylic acids is 1. The smallest absolute Gasteiger partial charge is 0.303 e. The van der Waals surface area contributed by atoms with Crippen LogP contribution >= 0.6 is 0 Å². The molecule has 0 aliphatic carbocycles. The molecule has 2 N–H and O–H groups in total. The van der Waals surface area contributed by atoms with Gasteiger partial charge in [-0.15, -0.1) is 0 Å². The number of carbonyl (C=O) groups is 1. The van der Waals surface area contributed by atoms with Crippen LogP contribution in [-0.2, 0) is 21.2 Å². The lowest BCUT2D eigenvalue weighted by atomic mass is 10.1. The van der Waals surface area contributed by atoms with Crippen LogP contribution in [0.25, 0.3) is 10.8 Å². The van der Waals surface area contributed by atoms with E-state index < -0.39 is 16.0 Å².